The van der Waals surface area contributed by atoms with E-state index in [4.69, 9.17) is 5.11 Å². The van der Waals surface area contributed by atoms with Crippen LogP contribution in [-0.2, 0) is 15.3 Å². The summed E-state index contributed by atoms with van der Waals surface area (Å²) in [5.74, 6) is 0.374. The fourth-order valence-electron chi connectivity index (χ4n) is 2.44. The first-order chi connectivity index (χ1) is 8.36. The summed E-state index contributed by atoms with van der Waals surface area (Å²) in [6.07, 6.45) is 3.21. The van der Waals surface area contributed by atoms with Gasteiger partial charge in [0.1, 0.15) is 9.84 Å². The van der Waals surface area contributed by atoms with Crippen LogP contribution < -0.4 is 0 Å². The zero-order valence-corrected chi connectivity index (χ0v) is 11.7. The van der Waals surface area contributed by atoms with E-state index in [9.17, 15) is 8.42 Å². The lowest BCUT2D eigenvalue weighted by molar-refractivity contribution is 0.273. The summed E-state index contributed by atoms with van der Waals surface area (Å²) < 4.78 is 22.9. The molecule has 1 N–H and O–H groups in total. The molecule has 1 saturated carbocycles. The Morgan fingerprint density at radius 2 is 1.83 bits per heavy atom. The average Bonchev–Trinajstić information content (AvgIpc) is 3.07. The van der Waals surface area contributed by atoms with E-state index in [1.807, 2.05) is 31.2 Å². The van der Waals surface area contributed by atoms with Crippen molar-refractivity contribution in [1.82, 2.24) is 0 Å². The molecule has 18 heavy (non-hydrogen) atoms. The first kappa shape index (κ1) is 13.6. The number of hydrogen-bond acceptors (Lipinski definition) is 3. The molecular formula is C14H20O3S. The zero-order chi connectivity index (χ0) is 13.4. The second kappa shape index (κ2) is 4.67. The second-order valence-electron chi connectivity index (χ2n) is 5.56. The lowest BCUT2D eigenvalue weighted by Crippen LogP contribution is -2.19. The first-order valence-electron chi connectivity index (χ1n) is 6.25. The molecule has 1 fully saturated rings. The Labute approximate surface area is 109 Å². The Bertz CT molecular complexity index is 512. The molecule has 1 aromatic rings. The number of sulfone groups is 1. The summed E-state index contributed by atoms with van der Waals surface area (Å²) in [4.78, 5) is 0. The maximum absolute atomic E-state index is 11.4. The lowest BCUT2D eigenvalue weighted by atomic mass is 9.94. The topological polar surface area (TPSA) is 54.4 Å². The molecule has 3 nitrogen and oxygen atoms in total. The third kappa shape index (κ3) is 2.93. The van der Waals surface area contributed by atoms with Crippen molar-refractivity contribution in [1.29, 1.82) is 0 Å². The highest BCUT2D eigenvalue weighted by atomic mass is 32.2. The number of rotatable bonds is 5. The van der Waals surface area contributed by atoms with Gasteiger partial charge in [0.25, 0.3) is 0 Å². The van der Waals surface area contributed by atoms with E-state index >= 15 is 0 Å². The first-order valence-corrected chi connectivity index (χ1v) is 8.31. The predicted molar refractivity (Wildman–Crippen MR) is 72.6 cm³/mol. The molecule has 0 amide bonds. The summed E-state index contributed by atoms with van der Waals surface area (Å²) in [6.45, 7) is 2.10. The van der Waals surface area contributed by atoms with Crippen molar-refractivity contribution in [2.24, 2.45) is 0 Å². The van der Waals surface area contributed by atoms with Gasteiger partial charge < -0.3 is 5.11 Å². The molecule has 0 radical (unpaired) electrons. The van der Waals surface area contributed by atoms with E-state index in [-0.39, 0.29) is 23.7 Å². The smallest absolute Gasteiger partial charge is 0.148 e. The summed E-state index contributed by atoms with van der Waals surface area (Å²) in [6, 6.07) is 8.02. The summed E-state index contributed by atoms with van der Waals surface area (Å²) >= 11 is 0. The fraction of sp³-hybridized carbons (Fsp3) is 0.571. The van der Waals surface area contributed by atoms with Crippen LogP contribution in [0.1, 0.15) is 36.8 Å². The van der Waals surface area contributed by atoms with Crippen molar-refractivity contribution in [3.8, 4) is 0 Å². The number of hydrogen-bond donors (Lipinski definition) is 1. The van der Waals surface area contributed by atoms with Crippen LogP contribution in [0.15, 0.2) is 24.3 Å². The molecule has 100 valence electrons. The fourth-order valence-corrected chi connectivity index (χ4v) is 3.90. The highest BCUT2D eigenvalue weighted by Crippen LogP contribution is 2.49. The molecule has 1 aliphatic carbocycles. The molecule has 1 aliphatic rings. The van der Waals surface area contributed by atoms with Gasteiger partial charge in [-0.2, -0.15) is 0 Å². The third-order valence-corrected chi connectivity index (χ3v) is 4.83. The molecule has 0 spiro atoms. The predicted octanol–water partition coefficient (Wildman–Crippen LogP) is 1.86. The largest absolute Gasteiger partial charge is 0.396 e. The Hall–Kier alpha value is -0.870. The Morgan fingerprint density at radius 3 is 2.22 bits per heavy atom. The molecule has 1 atom stereocenters. The summed E-state index contributed by atoms with van der Waals surface area (Å²) in [7, 11) is -2.94. The van der Waals surface area contributed by atoms with Crippen molar-refractivity contribution < 1.29 is 13.5 Å². The molecular weight excluding hydrogens is 248 g/mol. The van der Waals surface area contributed by atoms with Gasteiger partial charge in [-0.05, 0) is 24.0 Å². The third-order valence-electron chi connectivity index (χ3n) is 3.76. The standard InChI is InChI=1S/C14H20O3S/c1-11(9-15)12-3-5-13(6-4-12)14(7-8-14)10-18(2,16)17/h3-6,11,15H,7-10H2,1-2H3. The van der Waals surface area contributed by atoms with Gasteiger partial charge in [0.05, 0.1) is 5.75 Å². The van der Waals surface area contributed by atoms with E-state index < -0.39 is 9.84 Å². The minimum Gasteiger partial charge on any atom is -0.396 e. The Balaban J connectivity index is 2.20. The minimum absolute atomic E-state index is 0.129. The van der Waals surface area contributed by atoms with Gasteiger partial charge in [-0.3, -0.25) is 0 Å². The number of aliphatic hydroxyl groups excluding tert-OH is 1. The van der Waals surface area contributed by atoms with E-state index in [0.29, 0.717) is 0 Å². The van der Waals surface area contributed by atoms with Crippen LogP contribution in [0.25, 0.3) is 0 Å². The maximum Gasteiger partial charge on any atom is 0.148 e. The van der Waals surface area contributed by atoms with Gasteiger partial charge in [0.15, 0.2) is 0 Å². The Kier molecular flexibility index (Phi) is 3.52. The molecule has 0 aromatic heterocycles. The van der Waals surface area contributed by atoms with Gasteiger partial charge in [-0.15, -0.1) is 0 Å². The highest BCUT2D eigenvalue weighted by molar-refractivity contribution is 7.90. The van der Waals surface area contributed by atoms with Gasteiger partial charge >= 0.3 is 0 Å². The van der Waals surface area contributed by atoms with Crippen LogP contribution in [0, 0.1) is 0 Å². The van der Waals surface area contributed by atoms with Gasteiger partial charge in [-0.1, -0.05) is 31.2 Å². The lowest BCUT2D eigenvalue weighted by Gasteiger charge is -2.16. The second-order valence-corrected chi connectivity index (χ2v) is 7.70. The maximum atomic E-state index is 11.4. The van der Waals surface area contributed by atoms with Crippen LogP contribution in [-0.4, -0.2) is 32.1 Å². The van der Waals surface area contributed by atoms with Crippen molar-refractivity contribution in [3.05, 3.63) is 35.4 Å². The van der Waals surface area contributed by atoms with Crippen LogP contribution >= 0.6 is 0 Å². The van der Waals surface area contributed by atoms with Crippen LogP contribution in [0.2, 0.25) is 0 Å². The molecule has 0 heterocycles. The van der Waals surface area contributed by atoms with Gasteiger partial charge in [0.2, 0.25) is 0 Å². The van der Waals surface area contributed by atoms with Crippen molar-refractivity contribution in [2.45, 2.75) is 31.1 Å². The van der Waals surface area contributed by atoms with Gasteiger partial charge in [0, 0.05) is 24.2 Å². The monoisotopic (exact) mass is 268 g/mol. The van der Waals surface area contributed by atoms with Crippen molar-refractivity contribution in [2.75, 3.05) is 18.6 Å². The van der Waals surface area contributed by atoms with E-state index in [2.05, 4.69) is 0 Å². The van der Waals surface area contributed by atoms with Crippen LogP contribution in [0.4, 0.5) is 0 Å². The van der Waals surface area contributed by atoms with Gasteiger partial charge in [-0.25, -0.2) is 8.42 Å². The van der Waals surface area contributed by atoms with E-state index in [1.54, 1.807) is 0 Å². The average molecular weight is 268 g/mol. The van der Waals surface area contributed by atoms with Crippen molar-refractivity contribution in [3.63, 3.8) is 0 Å². The van der Waals surface area contributed by atoms with E-state index in [0.717, 1.165) is 24.0 Å². The molecule has 1 aromatic carbocycles. The molecule has 0 bridgehead atoms. The molecule has 0 saturated heterocycles. The summed E-state index contributed by atoms with van der Waals surface area (Å²) in [5.41, 5.74) is 2.06. The molecule has 0 aliphatic heterocycles. The van der Waals surface area contributed by atoms with E-state index in [1.165, 1.54) is 6.26 Å². The quantitative estimate of drug-likeness (QED) is 0.887. The Morgan fingerprint density at radius 1 is 1.28 bits per heavy atom. The summed E-state index contributed by atoms with van der Waals surface area (Å²) in [5, 5.41) is 9.10. The normalized spacial score (nSPS) is 19.5. The minimum atomic E-state index is -2.94. The molecule has 1 unspecified atom stereocenters. The van der Waals surface area contributed by atoms with Crippen LogP contribution in [0.3, 0.4) is 0 Å². The number of aliphatic hydroxyl groups is 1. The molecule has 2 rings (SSSR count). The number of benzene rings is 1. The molecule has 4 heteroatoms. The van der Waals surface area contributed by atoms with Crippen LogP contribution in [0.5, 0.6) is 0 Å². The SMILES string of the molecule is CC(CO)c1ccc(C2(CS(C)(=O)=O)CC2)cc1. The van der Waals surface area contributed by atoms with Crippen molar-refractivity contribution >= 4 is 9.84 Å². The highest BCUT2D eigenvalue weighted by Gasteiger charge is 2.46. The zero-order valence-electron chi connectivity index (χ0n) is 10.9.